The standard InChI is InChI=1S/C21H27N5O3/c1-15(19(27)24-8-4-5-9-24)23-21(29)26-12-10-25(11-13-26)20(28)17-14-22-18-7-3-2-6-16(17)18/h2-3,6-7,14-15,22H,4-5,8-13H2,1H3,(H,23,29)/t15-/m1/s1. The number of H-pyrrole nitrogens is 1. The maximum absolute atomic E-state index is 12.9. The molecular weight excluding hydrogens is 370 g/mol. The van der Waals surface area contributed by atoms with Gasteiger partial charge in [-0.2, -0.15) is 0 Å². The number of rotatable bonds is 3. The first kappa shape index (κ1) is 19.3. The number of benzene rings is 1. The molecule has 2 N–H and O–H groups in total. The van der Waals surface area contributed by atoms with Crippen molar-refractivity contribution in [3.63, 3.8) is 0 Å². The molecule has 2 aromatic rings. The maximum atomic E-state index is 12.9. The van der Waals surface area contributed by atoms with Crippen LogP contribution in [0, 0.1) is 0 Å². The van der Waals surface area contributed by atoms with E-state index in [0.29, 0.717) is 31.7 Å². The van der Waals surface area contributed by atoms with Gasteiger partial charge in [0.15, 0.2) is 0 Å². The minimum absolute atomic E-state index is 0.0241. The zero-order chi connectivity index (χ0) is 20.4. The Morgan fingerprint density at radius 2 is 1.59 bits per heavy atom. The van der Waals surface area contributed by atoms with Crippen molar-refractivity contribution >= 4 is 28.7 Å². The highest BCUT2D eigenvalue weighted by molar-refractivity contribution is 6.06. The Kier molecular flexibility index (Phi) is 5.42. The van der Waals surface area contributed by atoms with Crippen LogP contribution < -0.4 is 5.32 Å². The lowest BCUT2D eigenvalue weighted by Gasteiger charge is -2.35. The van der Waals surface area contributed by atoms with Crippen molar-refractivity contribution in [1.29, 1.82) is 0 Å². The number of fused-ring (bicyclic) bond motifs is 1. The van der Waals surface area contributed by atoms with E-state index in [1.54, 1.807) is 22.9 Å². The Balaban J connectivity index is 1.31. The minimum atomic E-state index is -0.536. The molecule has 0 bridgehead atoms. The van der Waals surface area contributed by atoms with Gasteiger partial charge in [0.2, 0.25) is 5.91 Å². The molecular formula is C21H27N5O3. The minimum Gasteiger partial charge on any atom is -0.360 e. The summed E-state index contributed by atoms with van der Waals surface area (Å²) in [5.74, 6) is -0.0518. The van der Waals surface area contributed by atoms with Crippen LogP contribution in [-0.2, 0) is 4.79 Å². The zero-order valence-corrected chi connectivity index (χ0v) is 16.7. The molecule has 1 aromatic carbocycles. The molecule has 2 fully saturated rings. The molecule has 1 atom stereocenters. The van der Waals surface area contributed by atoms with Gasteiger partial charge in [0.05, 0.1) is 5.56 Å². The Morgan fingerprint density at radius 3 is 2.31 bits per heavy atom. The Morgan fingerprint density at radius 1 is 0.931 bits per heavy atom. The van der Waals surface area contributed by atoms with Crippen LogP contribution in [0.25, 0.3) is 10.9 Å². The van der Waals surface area contributed by atoms with Crippen molar-refractivity contribution in [1.82, 2.24) is 25.0 Å². The van der Waals surface area contributed by atoms with Crippen molar-refractivity contribution in [2.45, 2.75) is 25.8 Å². The summed E-state index contributed by atoms with van der Waals surface area (Å²) in [6, 6.07) is 6.94. The monoisotopic (exact) mass is 397 g/mol. The Bertz CT molecular complexity index is 910. The van der Waals surface area contributed by atoms with Gasteiger partial charge in [-0.3, -0.25) is 9.59 Å². The van der Waals surface area contributed by atoms with Crippen LogP contribution in [0.3, 0.4) is 0 Å². The van der Waals surface area contributed by atoms with Gasteiger partial charge in [-0.25, -0.2) is 4.79 Å². The van der Waals surface area contributed by atoms with E-state index in [-0.39, 0.29) is 17.8 Å². The molecule has 0 saturated carbocycles. The van der Waals surface area contributed by atoms with Crippen molar-refractivity contribution in [3.8, 4) is 0 Å². The Hall–Kier alpha value is -3.03. The molecule has 0 radical (unpaired) electrons. The predicted molar refractivity (Wildman–Crippen MR) is 110 cm³/mol. The Labute approximate surface area is 169 Å². The first-order valence-electron chi connectivity index (χ1n) is 10.2. The van der Waals surface area contributed by atoms with Crippen LogP contribution in [0.1, 0.15) is 30.1 Å². The summed E-state index contributed by atoms with van der Waals surface area (Å²) in [5, 5.41) is 3.72. The molecule has 29 heavy (non-hydrogen) atoms. The number of piperazine rings is 1. The van der Waals surface area contributed by atoms with E-state index < -0.39 is 6.04 Å². The predicted octanol–water partition coefficient (Wildman–Crippen LogP) is 1.65. The number of nitrogens with one attached hydrogen (secondary N) is 2. The van der Waals surface area contributed by atoms with E-state index in [0.717, 1.165) is 36.8 Å². The quantitative estimate of drug-likeness (QED) is 0.825. The number of hydrogen-bond donors (Lipinski definition) is 2. The molecule has 3 heterocycles. The van der Waals surface area contributed by atoms with Crippen LogP contribution in [0.2, 0.25) is 0 Å². The molecule has 8 nitrogen and oxygen atoms in total. The van der Waals surface area contributed by atoms with E-state index in [9.17, 15) is 14.4 Å². The van der Waals surface area contributed by atoms with Gasteiger partial charge in [0.25, 0.3) is 5.91 Å². The number of carbonyl (C=O) groups is 3. The molecule has 4 rings (SSSR count). The van der Waals surface area contributed by atoms with Crippen molar-refractivity contribution < 1.29 is 14.4 Å². The van der Waals surface area contributed by atoms with E-state index in [1.807, 2.05) is 29.2 Å². The highest BCUT2D eigenvalue weighted by Crippen LogP contribution is 2.20. The van der Waals surface area contributed by atoms with E-state index in [2.05, 4.69) is 10.3 Å². The summed E-state index contributed by atoms with van der Waals surface area (Å²) >= 11 is 0. The number of aromatic nitrogens is 1. The topological polar surface area (TPSA) is 88.7 Å². The van der Waals surface area contributed by atoms with E-state index >= 15 is 0 Å². The third-order valence-corrected chi connectivity index (χ3v) is 5.80. The average Bonchev–Trinajstić information content (AvgIpc) is 3.43. The summed E-state index contributed by atoms with van der Waals surface area (Å²) in [7, 11) is 0. The van der Waals surface area contributed by atoms with Gasteiger partial charge >= 0.3 is 6.03 Å². The van der Waals surface area contributed by atoms with Crippen molar-refractivity contribution in [3.05, 3.63) is 36.0 Å². The SMILES string of the molecule is C[C@@H](NC(=O)N1CCN(C(=O)c2c[nH]c3ccccc23)CC1)C(=O)N1CCCC1. The lowest BCUT2D eigenvalue weighted by molar-refractivity contribution is -0.131. The van der Waals surface area contributed by atoms with Gasteiger partial charge < -0.3 is 25.0 Å². The molecule has 2 aliphatic heterocycles. The number of para-hydroxylation sites is 1. The second-order valence-corrected chi connectivity index (χ2v) is 7.73. The number of nitrogens with zero attached hydrogens (tertiary/aromatic N) is 3. The first-order valence-corrected chi connectivity index (χ1v) is 10.2. The summed E-state index contributed by atoms with van der Waals surface area (Å²) in [4.78, 5) is 46.2. The second kappa shape index (κ2) is 8.14. The van der Waals surface area contributed by atoms with Gasteiger partial charge in [0, 0.05) is 56.4 Å². The fourth-order valence-corrected chi connectivity index (χ4v) is 4.08. The molecule has 2 aliphatic rings. The molecule has 8 heteroatoms. The molecule has 154 valence electrons. The average molecular weight is 397 g/mol. The molecule has 1 aromatic heterocycles. The highest BCUT2D eigenvalue weighted by Gasteiger charge is 2.29. The van der Waals surface area contributed by atoms with Crippen LogP contribution in [-0.4, -0.2) is 82.8 Å². The molecule has 0 unspecified atom stereocenters. The van der Waals surface area contributed by atoms with Gasteiger partial charge in [-0.05, 0) is 25.8 Å². The highest BCUT2D eigenvalue weighted by atomic mass is 16.2. The van der Waals surface area contributed by atoms with Gasteiger partial charge in [-0.1, -0.05) is 18.2 Å². The van der Waals surface area contributed by atoms with Crippen LogP contribution in [0.15, 0.2) is 30.5 Å². The third-order valence-electron chi connectivity index (χ3n) is 5.80. The van der Waals surface area contributed by atoms with Crippen LogP contribution >= 0.6 is 0 Å². The second-order valence-electron chi connectivity index (χ2n) is 7.73. The summed E-state index contributed by atoms with van der Waals surface area (Å²) in [6.45, 7) is 5.12. The number of likely N-dealkylation sites (tertiary alicyclic amines) is 1. The fraction of sp³-hybridized carbons (Fsp3) is 0.476. The number of amides is 4. The third kappa shape index (κ3) is 3.92. The number of urea groups is 1. The lowest BCUT2D eigenvalue weighted by atomic mass is 10.1. The number of hydrogen-bond acceptors (Lipinski definition) is 3. The number of aromatic amines is 1. The first-order chi connectivity index (χ1) is 14.0. The summed E-state index contributed by atoms with van der Waals surface area (Å²) in [6.07, 6.45) is 3.80. The van der Waals surface area contributed by atoms with Crippen molar-refractivity contribution in [2.75, 3.05) is 39.3 Å². The van der Waals surface area contributed by atoms with E-state index in [4.69, 9.17) is 0 Å². The zero-order valence-electron chi connectivity index (χ0n) is 16.7. The summed E-state index contributed by atoms with van der Waals surface area (Å²) in [5.41, 5.74) is 1.59. The van der Waals surface area contributed by atoms with Crippen LogP contribution in [0.4, 0.5) is 4.79 Å². The van der Waals surface area contributed by atoms with Gasteiger partial charge in [-0.15, -0.1) is 0 Å². The van der Waals surface area contributed by atoms with Crippen molar-refractivity contribution in [2.24, 2.45) is 0 Å². The fourth-order valence-electron chi connectivity index (χ4n) is 4.08. The van der Waals surface area contributed by atoms with E-state index in [1.165, 1.54) is 0 Å². The molecule has 2 saturated heterocycles. The molecule has 0 aliphatic carbocycles. The number of carbonyl (C=O) groups excluding carboxylic acids is 3. The smallest absolute Gasteiger partial charge is 0.318 e. The molecule has 0 spiro atoms. The normalized spacial score (nSPS) is 18.2. The van der Waals surface area contributed by atoms with Crippen LogP contribution in [0.5, 0.6) is 0 Å². The summed E-state index contributed by atoms with van der Waals surface area (Å²) < 4.78 is 0. The molecule has 4 amide bonds. The van der Waals surface area contributed by atoms with Gasteiger partial charge in [0.1, 0.15) is 6.04 Å². The largest absolute Gasteiger partial charge is 0.360 e. The lowest BCUT2D eigenvalue weighted by Crippen LogP contribution is -2.56. The maximum Gasteiger partial charge on any atom is 0.318 e.